The Morgan fingerprint density at radius 3 is 2.37 bits per heavy atom. The highest BCUT2D eigenvalue weighted by atomic mass is 32.1. The number of nitrogens with zero attached hydrogens (tertiary/aromatic N) is 3. The molecule has 1 aliphatic carbocycles. The lowest BCUT2D eigenvalue weighted by atomic mass is 9.82. The number of para-hydroxylation sites is 2. The van der Waals surface area contributed by atoms with Crippen molar-refractivity contribution in [3.8, 4) is 39.8 Å². The van der Waals surface area contributed by atoms with Gasteiger partial charge in [-0.05, 0) is 65.2 Å². The molecule has 0 fully saturated rings. The van der Waals surface area contributed by atoms with Crippen molar-refractivity contribution in [1.29, 1.82) is 0 Å². The Bertz CT molecular complexity index is 2820. The van der Waals surface area contributed by atoms with Gasteiger partial charge in [0, 0.05) is 47.5 Å². The minimum atomic E-state index is -0.161. The van der Waals surface area contributed by atoms with Crippen LogP contribution in [0.4, 0.5) is 0 Å². The van der Waals surface area contributed by atoms with Gasteiger partial charge in [0.15, 0.2) is 0 Å². The Labute approximate surface area is 268 Å². The molecule has 0 bridgehead atoms. The van der Waals surface area contributed by atoms with Gasteiger partial charge in [-0.15, -0.1) is 11.3 Å². The minimum Gasteiger partial charge on any atom is -0.456 e. The second-order valence-electron chi connectivity index (χ2n) is 13.0. The van der Waals surface area contributed by atoms with Gasteiger partial charge in [0.25, 0.3) is 0 Å². The van der Waals surface area contributed by atoms with Crippen molar-refractivity contribution in [2.75, 3.05) is 0 Å². The normalized spacial score (nSPS) is 14.2. The Kier molecular flexibility index (Phi) is 4.52. The van der Waals surface area contributed by atoms with Crippen LogP contribution in [0.3, 0.4) is 0 Å². The number of thiophene rings is 1. The maximum absolute atomic E-state index is 6.29. The molecule has 1 aliphatic heterocycles. The summed E-state index contributed by atoms with van der Waals surface area (Å²) < 4.78 is 11.3. The predicted octanol–water partition coefficient (Wildman–Crippen LogP) is 11.2. The molecule has 0 unspecified atom stereocenters. The molecule has 6 aromatic carbocycles. The van der Waals surface area contributed by atoms with Crippen molar-refractivity contribution in [3.05, 3.63) is 126 Å². The fraction of sp³-hybridized carbons (Fsp3) is 0.0732. The first-order chi connectivity index (χ1) is 22.6. The molecule has 3 aromatic heterocycles. The van der Waals surface area contributed by atoms with Gasteiger partial charge in [0.1, 0.15) is 11.5 Å². The van der Waals surface area contributed by atoms with Gasteiger partial charge in [-0.25, -0.2) is 9.97 Å². The van der Waals surface area contributed by atoms with Crippen LogP contribution in [0.2, 0.25) is 0 Å². The lowest BCUT2D eigenvalue weighted by Gasteiger charge is -2.22. The summed E-state index contributed by atoms with van der Waals surface area (Å²) >= 11 is 1.91. The van der Waals surface area contributed by atoms with Crippen LogP contribution in [0.1, 0.15) is 25.0 Å². The Morgan fingerprint density at radius 1 is 0.630 bits per heavy atom. The van der Waals surface area contributed by atoms with Crippen molar-refractivity contribution in [2.24, 2.45) is 0 Å². The van der Waals surface area contributed by atoms with E-state index >= 15 is 0 Å². The van der Waals surface area contributed by atoms with Gasteiger partial charge >= 0.3 is 0 Å². The molecule has 0 amide bonds. The first-order valence-electron chi connectivity index (χ1n) is 15.7. The van der Waals surface area contributed by atoms with E-state index in [0.29, 0.717) is 5.95 Å². The van der Waals surface area contributed by atoms with Crippen LogP contribution in [0.25, 0.3) is 81.2 Å². The van der Waals surface area contributed by atoms with Gasteiger partial charge in [-0.2, -0.15) is 0 Å². The molecule has 2 aliphatic rings. The van der Waals surface area contributed by atoms with Crippen LogP contribution in [0.15, 0.2) is 115 Å². The SMILES string of the molecule is CC1(C)c2cc3c(cc2-c2c1ccc1c2sc2ccccc21)c1ccccc1n3-c1nc2c3c(cccc3n1)Oc1ccccc1-2. The summed E-state index contributed by atoms with van der Waals surface area (Å²) in [4.78, 5) is 10.5. The molecule has 0 N–H and O–H groups in total. The van der Waals surface area contributed by atoms with Gasteiger partial charge in [-0.1, -0.05) is 80.6 Å². The molecule has 4 nitrogen and oxygen atoms in total. The lowest BCUT2D eigenvalue weighted by Crippen LogP contribution is -2.15. The van der Waals surface area contributed by atoms with E-state index in [2.05, 4.69) is 103 Å². The van der Waals surface area contributed by atoms with E-state index in [1.54, 1.807) is 0 Å². The summed E-state index contributed by atoms with van der Waals surface area (Å²) in [5.41, 5.74) is 10.3. The van der Waals surface area contributed by atoms with Crippen LogP contribution in [-0.2, 0) is 5.41 Å². The monoisotopic (exact) mass is 607 g/mol. The van der Waals surface area contributed by atoms with E-state index in [1.807, 2.05) is 41.7 Å². The topological polar surface area (TPSA) is 39.9 Å². The average molecular weight is 608 g/mol. The molecule has 4 heterocycles. The Morgan fingerprint density at radius 2 is 1.43 bits per heavy atom. The minimum absolute atomic E-state index is 0.161. The molecule has 0 spiro atoms. The van der Waals surface area contributed by atoms with E-state index < -0.39 is 0 Å². The molecule has 0 radical (unpaired) electrons. The third-order valence-corrected chi connectivity index (χ3v) is 11.4. The first kappa shape index (κ1) is 24.8. The zero-order chi connectivity index (χ0) is 30.3. The van der Waals surface area contributed by atoms with Crippen molar-refractivity contribution in [2.45, 2.75) is 19.3 Å². The van der Waals surface area contributed by atoms with E-state index in [1.165, 1.54) is 53.2 Å². The zero-order valence-corrected chi connectivity index (χ0v) is 25.9. The average Bonchev–Trinajstić information content (AvgIpc) is 3.69. The van der Waals surface area contributed by atoms with Gasteiger partial charge in [-0.3, -0.25) is 4.57 Å². The highest BCUT2D eigenvalue weighted by molar-refractivity contribution is 7.26. The molecule has 0 atom stereocenters. The standard InChI is InChI=1S/C41H25N3OS/c1-41(2)28-19-18-24-23-11-5-8-17-35(23)46-39(24)36(28)27-20-26-22-10-3-6-14-31(22)44(32(26)21-29(27)41)40-42-30-13-9-16-34-37(30)38(43-40)25-12-4-7-15-33(25)45-34/h3-21H,1-2H3. The fourth-order valence-corrected chi connectivity index (χ4v) is 9.33. The summed E-state index contributed by atoms with van der Waals surface area (Å²) in [6.45, 7) is 4.73. The number of hydrogen-bond donors (Lipinski definition) is 0. The summed E-state index contributed by atoms with van der Waals surface area (Å²) in [6.07, 6.45) is 0. The van der Waals surface area contributed by atoms with Crippen molar-refractivity contribution in [1.82, 2.24) is 14.5 Å². The highest BCUT2D eigenvalue weighted by Crippen LogP contribution is 2.55. The third kappa shape index (κ3) is 2.99. The fourth-order valence-electron chi connectivity index (χ4n) is 8.07. The van der Waals surface area contributed by atoms with Gasteiger partial charge < -0.3 is 4.74 Å². The number of rotatable bonds is 1. The maximum atomic E-state index is 6.29. The molecule has 9 aromatic rings. The van der Waals surface area contributed by atoms with E-state index in [9.17, 15) is 0 Å². The Hall–Kier alpha value is -5.52. The highest BCUT2D eigenvalue weighted by Gasteiger charge is 2.38. The smallest absolute Gasteiger partial charge is 0.235 e. The van der Waals surface area contributed by atoms with E-state index in [0.717, 1.165) is 44.7 Å². The largest absolute Gasteiger partial charge is 0.456 e. The quantitative estimate of drug-likeness (QED) is 0.186. The van der Waals surface area contributed by atoms with Crippen molar-refractivity contribution < 1.29 is 4.74 Å². The van der Waals surface area contributed by atoms with Crippen LogP contribution in [0.5, 0.6) is 11.5 Å². The summed E-state index contributed by atoms with van der Waals surface area (Å²) in [7, 11) is 0. The number of fused-ring (bicyclic) bond motifs is 12. The second-order valence-corrected chi connectivity index (χ2v) is 14.0. The molecule has 46 heavy (non-hydrogen) atoms. The predicted molar refractivity (Wildman–Crippen MR) is 190 cm³/mol. The van der Waals surface area contributed by atoms with E-state index in [-0.39, 0.29) is 5.41 Å². The van der Waals surface area contributed by atoms with Crippen molar-refractivity contribution >= 4 is 64.2 Å². The number of ether oxygens (including phenoxy) is 1. The molecule has 5 heteroatoms. The molecular weight excluding hydrogens is 583 g/mol. The van der Waals surface area contributed by atoms with Crippen molar-refractivity contribution in [3.63, 3.8) is 0 Å². The second kappa shape index (κ2) is 8.39. The van der Waals surface area contributed by atoms with Crippen LogP contribution < -0.4 is 4.74 Å². The van der Waals surface area contributed by atoms with E-state index in [4.69, 9.17) is 14.7 Å². The lowest BCUT2D eigenvalue weighted by molar-refractivity contribution is 0.486. The first-order valence-corrected chi connectivity index (χ1v) is 16.5. The summed E-state index contributed by atoms with van der Waals surface area (Å²) in [5.74, 6) is 2.28. The Balaban J connectivity index is 1.24. The van der Waals surface area contributed by atoms with Gasteiger partial charge in [0.2, 0.25) is 5.95 Å². The summed E-state index contributed by atoms with van der Waals surface area (Å²) in [6, 6.07) is 41.2. The molecule has 0 saturated carbocycles. The number of hydrogen-bond acceptors (Lipinski definition) is 4. The maximum Gasteiger partial charge on any atom is 0.235 e. The molecule has 216 valence electrons. The van der Waals surface area contributed by atoms with Crippen LogP contribution >= 0.6 is 11.3 Å². The third-order valence-electron chi connectivity index (χ3n) is 10.2. The molecular formula is C41H25N3OS. The zero-order valence-electron chi connectivity index (χ0n) is 25.1. The van der Waals surface area contributed by atoms with Gasteiger partial charge in [0.05, 0.1) is 27.6 Å². The van der Waals surface area contributed by atoms with Crippen LogP contribution in [-0.4, -0.2) is 14.5 Å². The number of benzene rings is 6. The summed E-state index contributed by atoms with van der Waals surface area (Å²) in [5, 5.41) is 6.04. The number of aromatic nitrogens is 3. The molecule has 11 rings (SSSR count). The van der Waals surface area contributed by atoms with Crippen LogP contribution in [0, 0.1) is 0 Å². The molecule has 0 saturated heterocycles.